The molecule has 0 atom stereocenters. The summed E-state index contributed by atoms with van der Waals surface area (Å²) in [6, 6.07) is 70.9. The standard InChI is InChI=1S/C64H45N5/c1-3-4-7-20-43(2)51-27-12-15-31-56(51)69-57-32-16-13-28-53(57)55-42-47(37-40-59(55)69)44-35-38-50(39-36-44)68-58-33-17-14-29-54(58)61-52(30-19-34-60(61)68)48-25-18-26-49(41-48)64-66-62(45-21-8-5-9-22-45)65-63(67-64)46-23-10-6-11-24-46/h1,4-36,38-39,41-42H,37,40H2,2H3/b7-4-,43-20+. The van der Waals surface area contributed by atoms with Gasteiger partial charge in [-0.15, -0.1) is 6.42 Å². The number of terminal acetylenes is 1. The molecule has 1 aliphatic rings. The predicted molar refractivity (Wildman–Crippen MR) is 287 cm³/mol. The van der Waals surface area contributed by atoms with Crippen LogP contribution in [0.4, 0.5) is 0 Å². The highest BCUT2D eigenvalue weighted by atomic mass is 15.0. The molecule has 3 heterocycles. The van der Waals surface area contributed by atoms with Crippen LogP contribution in [0.1, 0.15) is 35.7 Å². The number of hydrogen-bond acceptors (Lipinski definition) is 3. The third kappa shape index (κ3) is 7.46. The fourth-order valence-electron chi connectivity index (χ4n) is 10.2. The molecule has 0 N–H and O–H groups in total. The van der Waals surface area contributed by atoms with Crippen LogP contribution in [-0.4, -0.2) is 24.1 Å². The van der Waals surface area contributed by atoms with Gasteiger partial charge in [0.1, 0.15) is 0 Å². The summed E-state index contributed by atoms with van der Waals surface area (Å²) in [5.74, 6) is 4.52. The fourth-order valence-corrected chi connectivity index (χ4v) is 10.2. The van der Waals surface area contributed by atoms with Gasteiger partial charge in [0.2, 0.25) is 0 Å². The second kappa shape index (κ2) is 17.6. The maximum absolute atomic E-state index is 5.51. The second-order valence-corrected chi connectivity index (χ2v) is 17.5. The van der Waals surface area contributed by atoms with Crippen molar-refractivity contribution >= 4 is 49.9 Å². The number of benzene rings is 8. The van der Waals surface area contributed by atoms with Crippen LogP contribution in [0.25, 0.3) is 107 Å². The Morgan fingerprint density at radius 1 is 0.522 bits per heavy atom. The average molecular weight is 884 g/mol. The molecule has 0 unspecified atom stereocenters. The lowest BCUT2D eigenvalue weighted by Gasteiger charge is -2.20. The van der Waals surface area contributed by atoms with Crippen molar-refractivity contribution in [2.45, 2.75) is 19.8 Å². The second-order valence-electron chi connectivity index (χ2n) is 17.5. The topological polar surface area (TPSA) is 48.5 Å². The van der Waals surface area contributed by atoms with Gasteiger partial charge in [0, 0.05) is 55.4 Å². The maximum atomic E-state index is 5.51. The van der Waals surface area contributed by atoms with E-state index in [0.29, 0.717) is 17.5 Å². The first-order valence-electron chi connectivity index (χ1n) is 23.4. The van der Waals surface area contributed by atoms with Gasteiger partial charge in [0.15, 0.2) is 17.5 Å². The zero-order chi connectivity index (χ0) is 46.3. The first-order valence-corrected chi connectivity index (χ1v) is 23.4. The monoisotopic (exact) mass is 883 g/mol. The lowest BCUT2D eigenvalue weighted by molar-refractivity contribution is 0.896. The Kier molecular flexibility index (Phi) is 10.5. The van der Waals surface area contributed by atoms with Gasteiger partial charge in [0.25, 0.3) is 0 Å². The van der Waals surface area contributed by atoms with Gasteiger partial charge in [0.05, 0.1) is 22.2 Å². The van der Waals surface area contributed by atoms with Gasteiger partial charge in [-0.2, -0.15) is 0 Å². The van der Waals surface area contributed by atoms with Crippen LogP contribution >= 0.6 is 0 Å². The molecule has 0 radical (unpaired) electrons. The van der Waals surface area contributed by atoms with Crippen molar-refractivity contribution in [3.63, 3.8) is 0 Å². The first-order chi connectivity index (χ1) is 34.1. The molecule has 326 valence electrons. The molecule has 3 aromatic heterocycles. The number of hydrogen-bond donors (Lipinski definition) is 0. The summed E-state index contributed by atoms with van der Waals surface area (Å²) < 4.78 is 4.88. The van der Waals surface area contributed by atoms with Gasteiger partial charge >= 0.3 is 0 Å². The zero-order valence-corrected chi connectivity index (χ0v) is 38.1. The van der Waals surface area contributed by atoms with E-state index in [2.05, 4.69) is 174 Å². The Hall–Kier alpha value is -9.11. The van der Waals surface area contributed by atoms with Crippen LogP contribution in [-0.2, 0) is 6.42 Å². The highest BCUT2D eigenvalue weighted by molar-refractivity contribution is 6.16. The molecule has 0 aliphatic heterocycles. The average Bonchev–Trinajstić information content (AvgIpc) is 3.94. The zero-order valence-electron chi connectivity index (χ0n) is 38.1. The molecule has 0 bridgehead atoms. The van der Waals surface area contributed by atoms with E-state index in [1.54, 1.807) is 6.08 Å². The number of para-hydroxylation sites is 3. The third-order valence-electron chi connectivity index (χ3n) is 13.4. The van der Waals surface area contributed by atoms with Crippen molar-refractivity contribution in [2.75, 3.05) is 0 Å². The predicted octanol–water partition coefficient (Wildman–Crippen LogP) is 15.7. The molecule has 69 heavy (non-hydrogen) atoms. The van der Waals surface area contributed by atoms with Gasteiger partial charge in [-0.3, -0.25) is 0 Å². The van der Waals surface area contributed by atoms with Crippen molar-refractivity contribution in [3.05, 3.63) is 241 Å². The number of aromatic nitrogens is 5. The lowest BCUT2D eigenvalue weighted by Crippen LogP contribution is -2.07. The van der Waals surface area contributed by atoms with E-state index in [0.717, 1.165) is 63.0 Å². The van der Waals surface area contributed by atoms with Gasteiger partial charge in [-0.25, -0.2) is 15.0 Å². The van der Waals surface area contributed by atoms with Gasteiger partial charge in [-0.05, 0) is 102 Å². The summed E-state index contributed by atoms with van der Waals surface area (Å²) in [4.78, 5) is 15.0. The molecule has 0 saturated heterocycles. The number of nitrogens with zero attached hydrogens (tertiary/aromatic N) is 5. The highest BCUT2D eigenvalue weighted by Crippen LogP contribution is 2.42. The van der Waals surface area contributed by atoms with Crippen LogP contribution in [0.3, 0.4) is 0 Å². The van der Waals surface area contributed by atoms with E-state index in [4.69, 9.17) is 21.4 Å². The minimum atomic E-state index is 0.632. The lowest BCUT2D eigenvalue weighted by atomic mass is 9.91. The van der Waals surface area contributed by atoms with Crippen LogP contribution in [0.5, 0.6) is 0 Å². The summed E-state index contributed by atoms with van der Waals surface area (Å²) in [5, 5.41) is 3.67. The van der Waals surface area contributed by atoms with Crippen molar-refractivity contribution in [1.82, 2.24) is 24.1 Å². The Balaban J connectivity index is 0.920. The largest absolute Gasteiger partial charge is 0.312 e. The SMILES string of the molecule is C#C/C=C\C=C(/C)c1ccccc1-n1c2c(c3ccccc31)C=C(c1ccc(-n3c4ccccc4c4c(-c5cccc(-c6nc(-c7ccccc7)nc(-c7ccccc7)n6)c5)cccc43)cc1)CC2. The minimum Gasteiger partial charge on any atom is -0.312 e. The van der Waals surface area contributed by atoms with Crippen molar-refractivity contribution in [2.24, 2.45) is 0 Å². The van der Waals surface area contributed by atoms with Gasteiger partial charge < -0.3 is 9.13 Å². The summed E-state index contributed by atoms with van der Waals surface area (Å²) in [6.45, 7) is 2.15. The molecule has 1 aliphatic carbocycles. The Bertz CT molecular complexity index is 3840. The van der Waals surface area contributed by atoms with Crippen LogP contribution in [0.2, 0.25) is 0 Å². The van der Waals surface area contributed by atoms with Crippen molar-refractivity contribution in [3.8, 4) is 69.0 Å². The summed E-state index contributed by atoms with van der Waals surface area (Å²) >= 11 is 0. The fraction of sp³-hybridized carbons (Fsp3) is 0.0469. The molecule has 0 amide bonds. The number of rotatable bonds is 9. The molecule has 12 rings (SSSR count). The van der Waals surface area contributed by atoms with Crippen molar-refractivity contribution < 1.29 is 0 Å². The van der Waals surface area contributed by atoms with Crippen LogP contribution in [0.15, 0.2) is 218 Å². The van der Waals surface area contributed by atoms with E-state index < -0.39 is 0 Å². The van der Waals surface area contributed by atoms with E-state index in [1.807, 2.05) is 66.7 Å². The molecule has 0 spiro atoms. The highest BCUT2D eigenvalue weighted by Gasteiger charge is 2.24. The summed E-state index contributed by atoms with van der Waals surface area (Å²) in [7, 11) is 0. The molecular weight excluding hydrogens is 839 g/mol. The Morgan fingerprint density at radius 3 is 1.83 bits per heavy atom. The normalized spacial score (nSPS) is 12.7. The van der Waals surface area contributed by atoms with Crippen LogP contribution < -0.4 is 0 Å². The first kappa shape index (κ1) is 41.3. The number of allylic oxidation sites excluding steroid dienone is 5. The van der Waals surface area contributed by atoms with Crippen molar-refractivity contribution in [1.29, 1.82) is 0 Å². The van der Waals surface area contributed by atoms with Gasteiger partial charge in [-0.1, -0.05) is 176 Å². The Labute approximate surface area is 401 Å². The Morgan fingerprint density at radius 2 is 1.10 bits per heavy atom. The smallest absolute Gasteiger partial charge is 0.164 e. The van der Waals surface area contributed by atoms with E-state index in [-0.39, 0.29) is 0 Å². The summed E-state index contributed by atoms with van der Waals surface area (Å²) in [6.07, 6.45) is 15.6. The molecule has 5 heteroatoms. The van der Waals surface area contributed by atoms with Crippen LogP contribution in [0, 0.1) is 12.3 Å². The van der Waals surface area contributed by atoms with E-state index in [1.165, 1.54) is 55.3 Å². The molecule has 0 fully saturated rings. The van der Waals surface area contributed by atoms with E-state index in [9.17, 15) is 0 Å². The molecule has 0 saturated carbocycles. The molecular formula is C64H45N5. The third-order valence-corrected chi connectivity index (χ3v) is 13.4. The minimum absolute atomic E-state index is 0.632. The number of fused-ring (bicyclic) bond motifs is 6. The molecule has 11 aromatic rings. The maximum Gasteiger partial charge on any atom is 0.164 e. The quantitative estimate of drug-likeness (QED) is 0.107. The molecule has 8 aromatic carbocycles. The summed E-state index contributed by atoms with van der Waals surface area (Å²) in [5.41, 5.74) is 18.5. The van der Waals surface area contributed by atoms with E-state index >= 15 is 0 Å². The molecule has 5 nitrogen and oxygen atoms in total.